The number of esters is 1. The molecule has 0 spiro atoms. The molecule has 113 heavy (non-hydrogen) atoms. The summed E-state index contributed by atoms with van der Waals surface area (Å²) in [4.78, 5) is 48.7. The van der Waals surface area contributed by atoms with Crippen LogP contribution in [0.1, 0.15) is 188 Å². The molecule has 12 N–H and O–H groups in total. The number of hydrogen-bond acceptors (Lipinski definition) is 38. The van der Waals surface area contributed by atoms with E-state index in [-0.39, 0.29) is 77.8 Å². The van der Waals surface area contributed by atoms with Crippen molar-refractivity contribution in [2.75, 3.05) is 35.3 Å². The first-order valence-corrected chi connectivity index (χ1v) is 38.5. The molecule has 0 unspecified atom stereocenters. The average Bonchev–Trinajstić information content (AvgIpc) is 0.687. The van der Waals surface area contributed by atoms with Crippen LogP contribution in [0.4, 0.5) is 0 Å². The van der Waals surface area contributed by atoms with Gasteiger partial charge < -0.3 is 162 Å². The molecule has 2 aromatic carbocycles. The zero-order valence-electron chi connectivity index (χ0n) is 65.9. The summed E-state index contributed by atoms with van der Waals surface area (Å²) in [5.41, 5.74) is -9.85. The van der Waals surface area contributed by atoms with Crippen molar-refractivity contribution in [1.82, 2.24) is 20.3 Å². The summed E-state index contributed by atoms with van der Waals surface area (Å²) < 4.78 is 107. The molecule has 36 atom stereocenters. The van der Waals surface area contributed by atoms with Crippen molar-refractivity contribution in [2.24, 2.45) is 0 Å². The molecule has 38 nitrogen and oxygen atoms in total. The first-order chi connectivity index (χ1) is 52.9. The van der Waals surface area contributed by atoms with Gasteiger partial charge in [-0.1, -0.05) is 0 Å². The molecule has 11 aliphatic rings. The van der Waals surface area contributed by atoms with E-state index in [1.165, 1.54) is 26.8 Å². The number of likely N-dealkylation sites (N-methyl/N-ethyl adjacent to an activating group) is 2. The van der Waals surface area contributed by atoms with Crippen molar-refractivity contribution >= 4 is 17.5 Å². The number of nitrogens with zero attached hydrogens (tertiary/aromatic N) is 4. The summed E-state index contributed by atoms with van der Waals surface area (Å²) in [6.45, 7) is 17.0. The minimum absolute atomic E-state index is 0.0384. The lowest BCUT2D eigenvalue weighted by atomic mass is 9.68. The maximum atomic E-state index is 15.7. The monoisotopic (exact) mass is 1610 g/mol. The van der Waals surface area contributed by atoms with E-state index in [9.17, 15) is 76.7 Å². The lowest BCUT2D eigenvalue weighted by Gasteiger charge is -2.56. The molecule has 9 aliphatic heterocycles. The van der Waals surface area contributed by atoms with Crippen molar-refractivity contribution in [3.05, 3.63) is 61.5 Å². The summed E-state index contributed by atoms with van der Waals surface area (Å²) in [6.07, 6.45) is -34.3. The van der Waals surface area contributed by atoms with Crippen LogP contribution < -0.4 is 4.74 Å². The van der Waals surface area contributed by atoms with E-state index in [0.717, 1.165) is 13.2 Å². The third-order valence-corrected chi connectivity index (χ3v) is 25.0. The smallest absolute Gasteiger partial charge is 0.316 e. The van der Waals surface area contributed by atoms with Crippen molar-refractivity contribution in [1.29, 1.82) is 0 Å². The van der Waals surface area contributed by atoms with Crippen LogP contribution in [0.25, 0.3) is 0 Å². The highest BCUT2D eigenvalue weighted by Crippen LogP contribution is 2.58. The van der Waals surface area contributed by atoms with Crippen LogP contribution in [0.5, 0.6) is 17.2 Å². The SMILES string of the molecule is COC(=O)[C@@H]1c2cc3c(c(O)c2[C@@H](O[C@H]2C[C@H](N(C)C)[C@H](O[C@@H]4C[C@H](O)[C@H](O[C@@H]5C[C@@](C)(N([O-])O)[C@H](O[C@H]6C[C@H](O)[C@H](O)[C@H](C)O6)[C@H](C)O5)[C@@H](C)O4)[C@H](C)O2)C[C@]1(C)O)C(=O)c1c(O)cc2c(c1C3=O)O[C@@H]1O[C@@]2(C)[C@@H](O[C@@H]2C[C@H](O)[C@H](O[C@@H]3C[C@](C)(N([O-])O)[C@H](O[C@H]4C[C@H](O)[C@H](O)[C@H](C)O4)[C@H](C)O3)[C@@H](C)O2)[C@@H](N(C)C)[C@@H]1O. The number of carbonyl (C=O) groups excluding carboxylic acids is 3. The van der Waals surface area contributed by atoms with Crippen LogP contribution in [0.2, 0.25) is 0 Å². The van der Waals surface area contributed by atoms with E-state index in [0.29, 0.717) is 0 Å². The number of hydrogen-bond donors (Lipinski definition) is 12. The second kappa shape index (κ2) is 32.5. The predicted molar refractivity (Wildman–Crippen MR) is 379 cm³/mol. The number of aliphatic hydroxyl groups is 8. The van der Waals surface area contributed by atoms with Gasteiger partial charge in [-0.15, -0.1) is 0 Å². The molecule has 0 saturated carbocycles. The van der Waals surface area contributed by atoms with Gasteiger partial charge in [0.1, 0.15) is 83.7 Å². The van der Waals surface area contributed by atoms with E-state index >= 15 is 9.59 Å². The van der Waals surface area contributed by atoms with Crippen LogP contribution in [-0.2, 0) is 86.2 Å². The number of ether oxygens (including phenoxy) is 17. The number of phenols is 2. The van der Waals surface area contributed by atoms with Gasteiger partial charge >= 0.3 is 5.97 Å². The van der Waals surface area contributed by atoms with E-state index in [4.69, 9.17) is 80.5 Å². The Balaban J connectivity index is 0.710. The summed E-state index contributed by atoms with van der Waals surface area (Å²) in [6, 6.07) is 0.774. The van der Waals surface area contributed by atoms with Gasteiger partial charge in [-0.3, -0.25) is 24.8 Å². The number of rotatable bonds is 19. The van der Waals surface area contributed by atoms with Crippen LogP contribution in [0.3, 0.4) is 0 Å². The molecule has 0 radical (unpaired) electrons. The van der Waals surface area contributed by atoms with Gasteiger partial charge in [0.05, 0.1) is 120 Å². The van der Waals surface area contributed by atoms with E-state index in [2.05, 4.69) is 0 Å². The van der Waals surface area contributed by atoms with Crippen LogP contribution in [0.15, 0.2) is 12.1 Å². The third kappa shape index (κ3) is 15.7. The Morgan fingerprint density at radius 1 is 0.513 bits per heavy atom. The highest BCUT2D eigenvalue weighted by molar-refractivity contribution is 6.31. The quantitative estimate of drug-likeness (QED) is 0.0584. The second-order valence-electron chi connectivity index (χ2n) is 33.6. The van der Waals surface area contributed by atoms with E-state index < -0.39 is 276 Å². The minimum atomic E-state index is -2.06. The van der Waals surface area contributed by atoms with Crippen molar-refractivity contribution in [3.8, 4) is 17.2 Å². The molecule has 2 bridgehead atoms. The Morgan fingerprint density at radius 3 is 1.42 bits per heavy atom. The van der Waals surface area contributed by atoms with E-state index in [1.54, 1.807) is 88.5 Å². The number of benzene rings is 2. The number of hydroxylamine groups is 4. The van der Waals surface area contributed by atoms with E-state index in [1.807, 2.05) is 4.90 Å². The molecular formula is C75H110N4O34-2. The highest BCUT2D eigenvalue weighted by atomic mass is 16.8. The van der Waals surface area contributed by atoms with Gasteiger partial charge in [-0.2, -0.15) is 0 Å². The highest BCUT2D eigenvalue weighted by Gasteiger charge is 2.63. The fourth-order valence-corrected chi connectivity index (χ4v) is 18.9. The fraction of sp³-hybridized carbons (Fsp3) is 0.800. The number of aromatic hydroxyl groups is 2. The fourth-order valence-electron chi connectivity index (χ4n) is 18.9. The number of ketones is 2. The normalized spacial score (nSPS) is 46.1. The second-order valence-corrected chi connectivity index (χ2v) is 33.6. The molecule has 0 amide bonds. The van der Waals surface area contributed by atoms with Crippen LogP contribution in [0, 0.1) is 10.4 Å². The Bertz CT molecular complexity index is 3740. The summed E-state index contributed by atoms with van der Waals surface area (Å²) >= 11 is 0. The Hall–Kier alpha value is -4.59. The topological polar surface area (TPSA) is 510 Å². The predicted octanol–water partition coefficient (Wildman–Crippen LogP) is 0.844. The lowest BCUT2D eigenvalue weighted by Crippen LogP contribution is -2.70. The zero-order chi connectivity index (χ0) is 82.4. The van der Waals surface area contributed by atoms with Crippen LogP contribution in [-0.4, -0.2) is 336 Å². The van der Waals surface area contributed by atoms with Crippen molar-refractivity contribution < 1.29 is 156 Å². The Morgan fingerprint density at radius 2 is 0.956 bits per heavy atom. The number of methoxy groups -OCH3 is 1. The molecule has 8 saturated heterocycles. The maximum Gasteiger partial charge on any atom is 0.316 e. The number of phenolic OH excluding ortho intramolecular Hbond substituents is 2. The summed E-state index contributed by atoms with van der Waals surface area (Å²) in [7, 11) is 7.97. The van der Waals surface area contributed by atoms with Gasteiger partial charge in [0, 0.05) is 74.1 Å². The molecule has 13 rings (SSSR count). The minimum Gasteiger partial charge on any atom is -0.762 e. The van der Waals surface area contributed by atoms with Crippen molar-refractivity contribution in [3.63, 3.8) is 0 Å². The third-order valence-electron chi connectivity index (χ3n) is 25.0. The molecular weight excluding hydrogens is 1500 g/mol. The zero-order valence-corrected chi connectivity index (χ0v) is 65.9. The molecule has 0 aromatic heterocycles. The van der Waals surface area contributed by atoms with Crippen molar-refractivity contribution in [2.45, 2.75) is 346 Å². The summed E-state index contributed by atoms with van der Waals surface area (Å²) in [5, 5.41) is 161. The number of fused-ring (bicyclic) bond motifs is 8. The maximum absolute atomic E-state index is 15.7. The van der Waals surface area contributed by atoms with Gasteiger partial charge in [-0.05, 0) is 122 Å². The molecule has 2 aromatic rings. The first kappa shape index (κ1) is 86.3. The number of carbonyl (C=O) groups is 3. The molecule has 9 heterocycles. The lowest BCUT2D eigenvalue weighted by molar-refractivity contribution is -0.367. The first-order valence-electron chi connectivity index (χ1n) is 38.5. The standard InChI is InChI=1S/C75H110N4O34/c1-27-57(85)39(81)20-46(98-27)109-67-32(6)103-49(25-72(67,8)78(93)94)107-64-30(4)101-45(22-41(64)83)106-63-29(3)100-44(19-37(63)76(12)13)105-43-24-74(10,92)55(70(91)97-16)34-17-35-52(60(88)51(34)43)61(89)53-38(80)18-36-66(54(53)59(35)87)112-71-62(90)56(77(14)15)69(75(36,11)113-71)111-48-23-42(84)65(31(5)102-48)108-50-26-73(9,79(95)96)68(33(7)104-50)110-47-21-40(82)58(86)28(2)99-47/h17-18,27-33,37,39-50,55-58,62-65,67-69,71,80-86,88,90,92-93,95H,19-26H2,1-16H3/q-2/t27-,28-,29-,30+,31+,32-,33-,37-,39-,40-,41-,42-,43-,44-,45+,46-,47-,48+,49+,50+,55-,56-,57+,58+,62-,63+,64+,65+,67+,68+,69-,71+,72+,73-,74-,75+/m0/s1. The van der Waals surface area contributed by atoms with Gasteiger partial charge in [0.15, 0.2) is 49.8 Å². The summed E-state index contributed by atoms with van der Waals surface area (Å²) in [5.74, 6) is -6.58. The largest absolute Gasteiger partial charge is 0.762 e. The van der Waals surface area contributed by atoms with Gasteiger partial charge in [0.2, 0.25) is 12.1 Å². The molecule has 2 aliphatic carbocycles. The van der Waals surface area contributed by atoms with Gasteiger partial charge in [-0.25, -0.2) is 0 Å². The van der Waals surface area contributed by atoms with Crippen LogP contribution >= 0.6 is 0 Å². The average molecular weight is 1610 g/mol. The molecule has 8 fully saturated rings. The Labute approximate surface area is 652 Å². The molecule has 38 heteroatoms. The molecule has 636 valence electrons. The number of aliphatic hydroxyl groups excluding tert-OH is 7. The van der Waals surface area contributed by atoms with Gasteiger partial charge in [0.25, 0.3) is 0 Å². The Kier molecular flexibility index (Phi) is 24.8.